The number of nitrogens with zero attached hydrogens (tertiary/aromatic N) is 1. The second kappa shape index (κ2) is 4.94. The third-order valence-corrected chi connectivity index (χ3v) is 2.42. The molecule has 0 aromatic heterocycles. The summed E-state index contributed by atoms with van der Waals surface area (Å²) in [5.41, 5.74) is 0.368. The van der Waals surface area contributed by atoms with Gasteiger partial charge in [-0.2, -0.15) is 0 Å². The van der Waals surface area contributed by atoms with Crippen LogP contribution in [0.4, 0.5) is 0 Å². The van der Waals surface area contributed by atoms with Crippen molar-refractivity contribution in [2.45, 2.75) is 33.1 Å². The van der Waals surface area contributed by atoms with Crippen LogP contribution in [-0.4, -0.2) is 29.6 Å². The van der Waals surface area contributed by atoms with E-state index in [0.717, 1.165) is 25.9 Å². The smallest absolute Gasteiger partial charge is 0.169 e. The summed E-state index contributed by atoms with van der Waals surface area (Å²) in [6.45, 7) is 5.29. The Balaban J connectivity index is 2.65. The van der Waals surface area contributed by atoms with Crippen molar-refractivity contribution in [2.24, 2.45) is 0 Å². The minimum absolute atomic E-state index is 0.00903. The van der Waals surface area contributed by atoms with Crippen LogP contribution < -0.4 is 0 Å². The van der Waals surface area contributed by atoms with E-state index >= 15 is 0 Å². The Morgan fingerprint density at radius 1 is 1.57 bits per heavy atom. The molecule has 0 radical (unpaired) electrons. The molecule has 1 heterocycles. The number of allylic oxidation sites excluding steroid dienone is 1. The van der Waals surface area contributed by atoms with E-state index in [1.807, 2.05) is 0 Å². The molecule has 1 aliphatic rings. The molecule has 1 aliphatic heterocycles. The lowest BCUT2D eigenvalue weighted by Gasteiger charge is -2.24. The van der Waals surface area contributed by atoms with Gasteiger partial charge < -0.3 is 4.90 Å². The van der Waals surface area contributed by atoms with Crippen LogP contribution in [0.25, 0.3) is 0 Å². The SMILES string of the molecule is CCCCN1C=C(C(C)=O)C(=O)CC1. The fourth-order valence-corrected chi connectivity index (χ4v) is 1.52. The predicted molar refractivity (Wildman–Crippen MR) is 54.9 cm³/mol. The fourth-order valence-electron chi connectivity index (χ4n) is 1.52. The van der Waals surface area contributed by atoms with Gasteiger partial charge in [0.15, 0.2) is 11.6 Å². The van der Waals surface area contributed by atoms with E-state index in [-0.39, 0.29) is 11.6 Å². The van der Waals surface area contributed by atoms with E-state index < -0.39 is 0 Å². The van der Waals surface area contributed by atoms with Crippen LogP contribution >= 0.6 is 0 Å². The Kier molecular flexibility index (Phi) is 3.86. The summed E-state index contributed by atoms with van der Waals surface area (Å²) in [6.07, 6.45) is 4.45. The first kappa shape index (κ1) is 11.0. The van der Waals surface area contributed by atoms with Crippen molar-refractivity contribution in [1.29, 1.82) is 0 Å². The van der Waals surface area contributed by atoms with Crippen LogP contribution in [0.2, 0.25) is 0 Å². The monoisotopic (exact) mass is 195 g/mol. The van der Waals surface area contributed by atoms with E-state index in [4.69, 9.17) is 0 Å². The molecule has 0 aliphatic carbocycles. The van der Waals surface area contributed by atoms with Gasteiger partial charge in [-0.3, -0.25) is 9.59 Å². The third-order valence-electron chi connectivity index (χ3n) is 2.42. The topological polar surface area (TPSA) is 37.4 Å². The van der Waals surface area contributed by atoms with Crippen molar-refractivity contribution in [3.8, 4) is 0 Å². The summed E-state index contributed by atoms with van der Waals surface area (Å²) >= 11 is 0. The number of carbonyl (C=O) groups is 2. The van der Waals surface area contributed by atoms with E-state index in [0.29, 0.717) is 12.0 Å². The van der Waals surface area contributed by atoms with E-state index in [1.165, 1.54) is 6.92 Å². The third kappa shape index (κ3) is 2.69. The second-order valence-electron chi connectivity index (χ2n) is 3.66. The number of hydrogen-bond donors (Lipinski definition) is 0. The summed E-state index contributed by atoms with van der Waals surface area (Å²) in [6, 6.07) is 0. The molecular weight excluding hydrogens is 178 g/mol. The zero-order valence-electron chi connectivity index (χ0n) is 8.88. The fraction of sp³-hybridized carbons (Fsp3) is 0.636. The molecule has 0 unspecified atom stereocenters. The van der Waals surface area contributed by atoms with Crippen molar-refractivity contribution in [1.82, 2.24) is 4.90 Å². The largest absolute Gasteiger partial charge is 0.376 e. The van der Waals surface area contributed by atoms with E-state index in [9.17, 15) is 9.59 Å². The zero-order valence-corrected chi connectivity index (χ0v) is 8.88. The van der Waals surface area contributed by atoms with Gasteiger partial charge in [0.2, 0.25) is 0 Å². The van der Waals surface area contributed by atoms with Crippen LogP contribution in [0.15, 0.2) is 11.8 Å². The summed E-state index contributed by atoms with van der Waals surface area (Å²) in [5.74, 6) is -0.124. The van der Waals surface area contributed by atoms with Crippen molar-refractivity contribution in [2.75, 3.05) is 13.1 Å². The summed E-state index contributed by atoms with van der Waals surface area (Å²) < 4.78 is 0. The first-order chi connectivity index (χ1) is 6.65. The van der Waals surface area contributed by atoms with Crippen LogP contribution in [0.3, 0.4) is 0 Å². The number of ketones is 2. The van der Waals surface area contributed by atoms with Gasteiger partial charge in [0.25, 0.3) is 0 Å². The average Bonchev–Trinajstić information content (AvgIpc) is 2.16. The van der Waals surface area contributed by atoms with Gasteiger partial charge >= 0.3 is 0 Å². The molecule has 0 saturated heterocycles. The molecule has 3 heteroatoms. The highest BCUT2D eigenvalue weighted by atomic mass is 16.1. The molecule has 0 aromatic rings. The minimum atomic E-state index is -0.115. The van der Waals surface area contributed by atoms with Gasteiger partial charge in [-0.25, -0.2) is 0 Å². The second-order valence-corrected chi connectivity index (χ2v) is 3.66. The van der Waals surface area contributed by atoms with Crippen LogP contribution in [0.5, 0.6) is 0 Å². The molecule has 14 heavy (non-hydrogen) atoms. The molecule has 0 saturated carbocycles. The van der Waals surface area contributed by atoms with Crippen LogP contribution in [-0.2, 0) is 9.59 Å². The average molecular weight is 195 g/mol. The number of hydrogen-bond acceptors (Lipinski definition) is 3. The lowest BCUT2D eigenvalue weighted by Crippen LogP contribution is -2.30. The van der Waals surface area contributed by atoms with Crippen molar-refractivity contribution >= 4 is 11.6 Å². The Morgan fingerprint density at radius 3 is 2.86 bits per heavy atom. The van der Waals surface area contributed by atoms with Crippen molar-refractivity contribution in [3.05, 3.63) is 11.8 Å². The zero-order chi connectivity index (χ0) is 10.6. The van der Waals surface area contributed by atoms with Gasteiger partial charge in [-0.05, 0) is 13.3 Å². The maximum Gasteiger partial charge on any atom is 0.169 e. The van der Waals surface area contributed by atoms with Gasteiger partial charge in [0, 0.05) is 25.7 Å². The molecule has 0 spiro atoms. The highest BCUT2D eigenvalue weighted by Crippen LogP contribution is 2.12. The first-order valence-electron chi connectivity index (χ1n) is 5.15. The predicted octanol–water partition coefficient (Wildman–Crippen LogP) is 1.53. The molecule has 0 N–H and O–H groups in total. The number of unbranched alkanes of at least 4 members (excludes halogenated alkanes) is 1. The maximum atomic E-state index is 11.3. The van der Waals surface area contributed by atoms with Gasteiger partial charge in [0.1, 0.15) is 0 Å². The highest BCUT2D eigenvalue weighted by Gasteiger charge is 2.20. The standard InChI is InChI=1S/C11H17NO2/c1-3-4-6-12-7-5-11(14)10(8-12)9(2)13/h8H,3-7H2,1-2H3. The number of rotatable bonds is 4. The maximum absolute atomic E-state index is 11.3. The van der Waals surface area contributed by atoms with Crippen molar-refractivity contribution < 1.29 is 9.59 Å². The van der Waals surface area contributed by atoms with Crippen molar-refractivity contribution in [3.63, 3.8) is 0 Å². The molecule has 1 rings (SSSR count). The molecule has 0 bridgehead atoms. The molecule has 0 amide bonds. The van der Waals surface area contributed by atoms with Gasteiger partial charge in [-0.1, -0.05) is 13.3 Å². The Hall–Kier alpha value is -1.12. The molecule has 0 aromatic carbocycles. The summed E-state index contributed by atoms with van der Waals surface area (Å²) in [4.78, 5) is 24.5. The van der Waals surface area contributed by atoms with Crippen LogP contribution in [0.1, 0.15) is 33.1 Å². The Morgan fingerprint density at radius 2 is 2.29 bits per heavy atom. The van der Waals surface area contributed by atoms with Crippen LogP contribution in [0, 0.1) is 0 Å². The Bertz CT molecular complexity index is 268. The van der Waals surface area contributed by atoms with Gasteiger partial charge in [0.05, 0.1) is 5.57 Å². The molecule has 0 fully saturated rings. The molecule has 0 atom stereocenters. The lowest BCUT2D eigenvalue weighted by molar-refractivity contribution is -0.121. The summed E-state index contributed by atoms with van der Waals surface area (Å²) in [7, 11) is 0. The quantitative estimate of drug-likeness (QED) is 0.638. The highest BCUT2D eigenvalue weighted by molar-refractivity contribution is 6.19. The van der Waals surface area contributed by atoms with Gasteiger partial charge in [-0.15, -0.1) is 0 Å². The molecular formula is C11H17NO2. The van der Waals surface area contributed by atoms with E-state index in [2.05, 4.69) is 11.8 Å². The number of Topliss-reactive ketones (excluding diaryl/α,β-unsaturated/α-hetero) is 2. The normalized spacial score (nSPS) is 16.9. The molecule has 3 nitrogen and oxygen atoms in total. The minimum Gasteiger partial charge on any atom is -0.376 e. The molecule has 78 valence electrons. The first-order valence-corrected chi connectivity index (χ1v) is 5.15. The summed E-state index contributed by atoms with van der Waals surface area (Å²) in [5, 5.41) is 0. The lowest BCUT2D eigenvalue weighted by atomic mass is 10.0. The Labute approximate surface area is 84.8 Å². The number of carbonyl (C=O) groups excluding carboxylic acids is 2. The van der Waals surface area contributed by atoms with E-state index in [1.54, 1.807) is 6.20 Å².